The number of aliphatic hydroxyl groups excluding tert-OH is 2. The molecule has 3 N–H and O–H groups in total. The smallest absolute Gasteiger partial charge is 0.135 e. The zero-order chi connectivity index (χ0) is 24.6. The Kier molecular flexibility index (Phi) is 5.88. The van der Waals surface area contributed by atoms with Gasteiger partial charge in [-0.15, -0.1) is 0 Å². The van der Waals surface area contributed by atoms with Crippen LogP contribution < -0.4 is 5.32 Å². The number of anilines is 2. The van der Waals surface area contributed by atoms with Crippen LogP contribution in [0.25, 0.3) is 22.3 Å². The Labute approximate surface area is 209 Å². The topological polar surface area (TPSA) is 120 Å². The van der Waals surface area contributed by atoms with Crippen LogP contribution in [0.4, 0.5) is 11.6 Å². The Hall–Kier alpha value is -3.80. The lowest BCUT2D eigenvalue weighted by molar-refractivity contribution is 0.109. The molecule has 0 radical (unpaired) electrons. The van der Waals surface area contributed by atoms with E-state index in [2.05, 4.69) is 44.1 Å². The number of aliphatic hydroxyl groups is 2. The number of pyridine rings is 2. The minimum Gasteiger partial charge on any atom is -0.393 e. The summed E-state index contributed by atoms with van der Waals surface area (Å²) in [6.45, 7) is -0.124. The highest BCUT2D eigenvalue weighted by molar-refractivity contribution is 5.82. The Balaban J connectivity index is 1.40. The van der Waals surface area contributed by atoms with Crippen molar-refractivity contribution in [3.63, 3.8) is 0 Å². The number of aromatic nitrogens is 4. The van der Waals surface area contributed by atoms with E-state index in [-0.39, 0.29) is 18.8 Å². The summed E-state index contributed by atoms with van der Waals surface area (Å²) in [4.78, 5) is 13.9. The van der Waals surface area contributed by atoms with Crippen molar-refractivity contribution in [2.24, 2.45) is 0 Å². The molecule has 0 atom stereocenters. The molecule has 182 valence electrons. The summed E-state index contributed by atoms with van der Waals surface area (Å²) >= 11 is 0. The molecule has 0 aliphatic heterocycles. The number of nitrogens with one attached hydrogen (secondary N) is 1. The van der Waals surface area contributed by atoms with E-state index < -0.39 is 0 Å². The van der Waals surface area contributed by atoms with Crippen LogP contribution in [-0.2, 0) is 6.61 Å². The van der Waals surface area contributed by atoms with Gasteiger partial charge in [-0.3, -0.25) is 0 Å². The maximum atomic E-state index is 10.0. The van der Waals surface area contributed by atoms with Crippen molar-refractivity contribution in [3.8, 4) is 17.3 Å². The molecule has 0 spiro atoms. The molecule has 0 bridgehead atoms. The molecule has 36 heavy (non-hydrogen) atoms. The monoisotopic (exact) mass is 480 g/mol. The van der Waals surface area contributed by atoms with Gasteiger partial charge < -0.3 is 20.1 Å². The molecule has 3 heterocycles. The van der Waals surface area contributed by atoms with E-state index in [9.17, 15) is 15.5 Å². The van der Waals surface area contributed by atoms with Crippen LogP contribution in [0.15, 0.2) is 48.7 Å². The molecule has 2 saturated carbocycles. The van der Waals surface area contributed by atoms with Gasteiger partial charge in [-0.2, -0.15) is 5.26 Å². The zero-order valence-electron chi connectivity index (χ0n) is 19.9. The summed E-state index contributed by atoms with van der Waals surface area (Å²) in [6.07, 6.45) is 6.96. The van der Waals surface area contributed by atoms with Gasteiger partial charge in [-0.25, -0.2) is 15.0 Å². The summed E-state index contributed by atoms with van der Waals surface area (Å²) in [7, 11) is 0. The van der Waals surface area contributed by atoms with Gasteiger partial charge in [0.1, 0.15) is 24.1 Å². The van der Waals surface area contributed by atoms with E-state index in [1.807, 2.05) is 12.1 Å². The molecule has 1 aromatic carbocycles. The van der Waals surface area contributed by atoms with Gasteiger partial charge in [0.05, 0.1) is 34.5 Å². The van der Waals surface area contributed by atoms with Crippen LogP contribution in [0.2, 0.25) is 0 Å². The molecular formula is C28H28N6O2. The van der Waals surface area contributed by atoms with Crippen LogP contribution in [0, 0.1) is 11.3 Å². The standard InChI is InChI=1S/C28H28N6O2/c29-15-17-9-10-30-26(11-17)33-27-14-20(18-1-2-18)12-24(31-27)19-3-8-23-25(13-19)34(28(16-35)32-23)21-4-6-22(36)7-5-21/h3,8-14,18,21-22,35-36H,1-2,4-7,16H2,(H,30,31,33). The predicted molar refractivity (Wildman–Crippen MR) is 137 cm³/mol. The molecule has 2 aliphatic carbocycles. The van der Waals surface area contributed by atoms with Gasteiger partial charge in [-0.1, -0.05) is 6.07 Å². The number of nitriles is 1. The van der Waals surface area contributed by atoms with Crippen molar-refractivity contribution in [2.45, 2.75) is 63.2 Å². The first-order valence-electron chi connectivity index (χ1n) is 12.6. The molecule has 2 fully saturated rings. The summed E-state index contributed by atoms with van der Waals surface area (Å²) in [5, 5.41) is 32.5. The summed E-state index contributed by atoms with van der Waals surface area (Å²) < 4.78 is 2.16. The molecular weight excluding hydrogens is 452 g/mol. The van der Waals surface area contributed by atoms with Crippen LogP contribution >= 0.6 is 0 Å². The minimum absolute atomic E-state index is 0.124. The maximum Gasteiger partial charge on any atom is 0.135 e. The molecule has 0 amide bonds. The molecule has 8 nitrogen and oxygen atoms in total. The molecule has 8 heteroatoms. The van der Waals surface area contributed by atoms with Crippen molar-refractivity contribution in [3.05, 3.63) is 65.6 Å². The fourth-order valence-corrected chi connectivity index (χ4v) is 5.25. The summed E-state index contributed by atoms with van der Waals surface area (Å²) in [5.41, 5.74) is 5.45. The van der Waals surface area contributed by atoms with Gasteiger partial charge in [0.25, 0.3) is 0 Å². The number of nitrogens with zero attached hydrogens (tertiary/aromatic N) is 5. The zero-order valence-corrected chi connectivity index (χ0v) is 19.9. The number of imidazole rings is 1. The molecule has 0 unspecified atom stereocenters. The van der Waals surface area contributed by atoms with Crippen molar-refractivity contribution in [1.29, 1.82) is 5.26 Å². The van der Waals surface area contributed by atoms with Crippen molar-refractivity contribution >= 4 is 22.7 Å². The van der Waals surface area contributed by atoms with Gasteiger partial charge in [0.15, 0.2) is 0 Å². The third-order valence-corrected chi connectivity index (χ3v) is 7.27. The largest absolute Gasteiger partial charge is 0.393 e. The maximum absolute atomic E-state index is 10.0. The highest BCUT2D eigenvalue weighted by Gasteiger charge is 2.26. The van der Waals surface area contributed by atoms with E-state index in [1.165, 1.54) is 18.4 Å². The molecule has 3 aromatic heterocycles. The Bertz CT molecular complexity index is 1460. The number of fused-ring (bicyclic) bond motifs is 1. The lowest BCUT2D eigenvalue weighted by atomic mass is 9.92. The van der Waals surface area contributed by atoms with E-state index in [0.29, 0.717) is 28.9 Å². The van der Waals surface area contributed by atoms with E-state index in [4.69, 9.17) is 4.98 Å². The second kappa shape index (κ2) is 9.34. The second-order valence-electron chi connectivity index (χ2n) is 9.83. The predicted octanol–water partition coefficient (Wildman–Crippen LogP) is 4.95. The average Bonchev–Trinajstić information content (AvgIpc) is 3.69. The van der Waals surface area contributed by atoms with Gasteiger partial charge in [0, 0.05) is 17.8 Å². The lowest BCUT2D eigenvalue weighted by Crippen LogP contribution is -2.22. The number of rotatable bonds is 6. The number of benzene rings is 1. The van der Waals surface area contributed by atoms with Crippen molar-refractivity contribution < 1.29 is 10.2 Å². The van der Waals surface area contributed by atoms with E-state index >= 15 is 0 Å². The van der Waals surface area contributed by atoms with Crippen LogP contribution in [0.1, 0.15) is 67.4 Å². The quantitative estimate of drug-likeness (QED) is 0.357. The highest BCUT2D eigenvalue weighted by Crippen LogP contribution is 2.42. The van der Waals surface area contributed by atoms with Crippen LogP contribution in [-0.4, -0.2) is 35.8 Å². The SMILES string of the molecule is N#Cc1ccnc(Nc2cc(C3CC3)cc(-c3ccc4nc(CO)n(C5CCC(O)CC5)c4c3)n2)c1. The molecule has 2 aliphatic rings. The van der Waals surface area contributed by atoms with E-state index in [0.717, 1.165) is 48.0 Å². The van der Waals surface area contributed by atoms with Crippen LogP contribution in [0.3, 0.4) is 0 Å². The fourth-order valence-electron chi connectivity index (χ4n) is 5.25. The van der Waals surface area contributed by atoms with Crippen molar-refractivity contribution in [2.75, 3.05) is 5.32 Å². The first-order valence-corrected chi connectivity index (χ1v) is 12.6. The summed E-state index contributed by atoms with van der Waals surface area (Å²) in [6, 6.07) is 16.1. The van der Waals surface area contributed by atoms with Gasteiger partial charge in [0.2, 0.25) is 0 Å². The van der Waals surface area contributed by atoms with Crippen LogP contribution in [0.5, 0.6) is 0 Å². The molecule has 0 saturated heterocycles. The van der Waals surface area contributed by atoms with Gasteiger partial charge in [-0.05, 0) is 86.4 Å². The second-order valence-corrected chi connectivity index (χ2v) is 9.83. The summed E-state index contributed by atoms with van der Waals surface area (Å²) in [5.74, 6) is 2.48. The fraction of sp³-hybridized carbons (Fsp3) is 0.357. The normalized spacial score (nSPS) is 19.8. The lowest BCUT2D eigenvalue weighted by Gasteiger charge is -2.28. The Morgan fingerprint density at radius 1 is 0.972 bits per heavy atom. The van der Waals surface area contributed by atoms with Gasteiger partial charge >= 0.3 is 0 Å². The third-order valence-electron chi connectivity index (χ3n) is 7.27. The number of hydrogen-bond donors (Lipinski definition) is 3. The minimum atomic E-state index is -0.243. The first-order chi connectivity index (χ1) is 17.6. The first kappa shape index (κ1) is 22.7. The Morgan fingerprint density at radius 2 is 1.81 bits per heavy atom. The third kappa shape index (κ3) is 4.43. The Morgan fingerprint density at radius 3 is 2.56 bits per heavy atom. The number of hydrogen-bond acceptors (Lipinski definition) is 7. The van der Waals surface area contributed by atoms with E-state index in [1.54, 1.807) is 18.3 Å². The molecule has 6 rings (SSSR count). The molecule has 4 aromatic rings. The highest BCUT2D eigenvalue weighted by atomic mass is 16.3. The van der Waals surface area contributed by atoms with Crippen molar-refractivity contribution in [1.82, 2.24) is 19.5 Å². The average molecular weight is 481 g/mol.